The molecule has 0 aliphatic heterocycles. The molecule has 17 heavy (non-hydrogen) atoms. The van der Waals surface area contributed by atoms with Gasteiger partial charge in [0.15, 0.2) is 0 Å². The molecule has 5 heteroatoms. The third kappa shape index (κ3) is 2.57. The number of hydrogen-bond donors (Lipinski definition) is 2. The van der Waals surface area contributed by atoms with Gasteiger partial charge in [-0.25, -0.2) is 4.79 Å². The maximum Gasteiger partial charge on any atom is 0.339 e. The maximum absolute atomic E-state index is 10.8. The summed E-state index contributed by atoms with van der Waals surface area (Å²) >= 11 is 0. The molecule has 2 aromatic rings. The van der Waals surface area contributed by atoms with Gasteiger partial charge in [-0.2, -0.15) is 0 Å². The first-order valence-electron chi connectivity index (χ1n) is 5.25. The number of carbonyl (C=O) groups is 1. The molecular formula is C12H13NO4. The van der Waals surface area contributed by atoms with Crippen LogP contribution in [0.1, 0.15) is 34.8 Å². The smallest absolute Gasteiger partial charge is 0.339 e. The van der Waals surface area contributed by atoms with Crippen molar-refractivity contribution in [3.8, 4) is 0 Å². The number of aromatic carboxylic acids is 1. The van der Waals surface area contributed by atoms with E-state index >= 15 is 0 Å². The summed E-state index contributed by atoms with van der Waals surface area (Å²) in [6.45, 7) is 2.28. The van der Waals surface area contributed by atoms with Gasteiger partial charge in [0.1, 0.15) is 17.1 Å². The van der Waals surface area contributed by atoms with E-state index in [2.05, 4.69) is 5.32 Å². The summed E-state index contributed by atoms with van der Waals surface area (Å²) in [6, 6.07) is 5.11. The van der Waals surface area contributed by atoms with Crippen LogP contribution in [-0.2, 0) is 6.54 Å². The van der Waals surface area contributed by atoms with Crippen molar-refractivity contribution in [2.75, 3.05) is 0 Å². The fourth-order valence-corrected chi connectivity index (χ4v) is 1.55. The minimum Gasteiger partial charge on any atom is -0.478 e. The van der Waals surface area contributed by atoms with Gasteiger partial charge in [-0.3, -0.25) is 0 Å². The van der Waals surface area contributed by atoms with E-state index in [9.17, 15) is 4.79 Å². The molecular weight excluding hydrogens is 222 g/mol. The van der Waals surface area contributed by atoms with Crippen molar-refractivity contribution in [3.63, 3.8) is 0 Å². The van der Waals surface area contributed by atoms with E-state index in [4.69, 9.17) is 13.9 Å². The lowest BCUT2D eigenvalue weighted by Crippen LogP contribution is -2.18. The zero-order valence-corrected chi connectivity index (χ0v) is 9.34. The van der Waals surface area contributed by atoms with Crippen LogP contribution in [0.2, 0.25) is 0 Å². The first-order chi connectivity index (χ1) is 8.18. The van der Waals surface area contributed by atoms with Crippen molar-refractivity contribution in [2.24, 2.45) is 0 Å². The summed E-state index contributed by atoms with van der Waals surface area (Å²) in [5.74, 6) is 0.227. The highest BCUT2D eigenvalue weighted by molar-refractivity contribution is 5.88. The van der Waals surface area contributed by atoms with Crippen molar-refractivity contribution in [2.45, 2.75) is 19.5 Å². The molecule has 90 valence electrons. The van der Waals surface area contributed by atoms with Gasteiger partial charge in [0.05, 0.1) is 25.1 Å². The van der Waals surface area contributed by atoms with Crippen molar-refractivity contribution >= 4 is 5.97 Å². The van der Waals surface area contributed by atoms with Gasteiger partial charge in [0.25, 0.3) is 0 Å². The predicted octanol–water partition coefficient (Wildman–Crippen LogP) is 2.42. The normalized spacial score (nSPS) is 12.5. The van der Waals surface area contributed by atoms with E-state index in [1.165, 1.54) is 12.3 Å². The average Bonchev–Trinajstić information content (AvgIpc) is 2.96. The zero-order valence-electron chi connectivity index (χ0n) is 9.34. The summed E-state index contributed by atoms with van der Waals surface area (Å²) < 4.78 is 10.4. The third-order valence-corrected chi connectivity index (χ3v) is 2.51. The summed E-state index contributed by atoms with van der Waals surface area (Å²) in [5.41, 5.74) is 0.184. The highest BCUT2D eigenvalue weighted by atomic mass is 16.4. The second kappa shape index (κ2) is 4.88. The second-order valence-corrected chi connectivity index (χ2v) is 3.68. The lowest BCUT2D eigenvalue weighted by molar-refractivity contribution is 0.0694. The van der Waals surface area contributed by atoms with Crippen LogP contribution in [0.5, 0.6) is 0 Å². The number of rotatable bonds is 5. The van der Waals surface area contributed by atoms with Gasteiger partial charge in [-0.15, -0.1) is 0 Å². The fraction of sp³-hybridized carbons (Fsp3) is 0.250. The van der Waals surface area contributed by atoms with Gasteiger partial charge in [0, 0.05) is 0 Å². The Morgan fingerprint density at radius 2 is 2.24 bits per heavy atom. The Hall–Kier alpha value is -2.01. The molecule has 0 unspecified atom stereocenters. The minimum absolute atomic E-state index is 0.00301. The van der Waals surface area contributed by atoms with Crippen LogP contribution in [0.4, 0.5) is 0 Å². The van der Waals surface area contributed by atoms with Gasteiger partial charge in [-0.05, 0) is 25.1 Å². The van der Waals surface area contributed by atoms with Gasteiger partial charge >= 0.3 is 5.97 Å². The Kier molecular flexibility index (Phi) is 3.30. The molecule has 0 saturated carbocycles. The SMILES string of the molecule is C[C@H](NCc1occc1C(=O)O)c1ccco1. The van der Waals surface area contributed by atoms with Crippen molar-refractivity contribution in [1.82, 2.24) is 5.32 Å². The Bertz CT molecular complexity index is 486. The van der Waals surface area contributed by atoms with Crippen LogP contribution in [0.3, 0.4) is 0 Å². The maximum atomic E-state index is 10.8. The molecule has 0 spiro atoms. The Morgan fingerprint density at radius 3 is 2.88 bits per heavy atom. The standard InChI is InChI=1S/C12H13NO4/c1-8(10-3-2-5-16-10)13-7-11-9(12(14)15)4-6-17-11/h2-6,8,13H,7H2,1H3,(H,14,15)/t8-/m0/s1. The molecule has 5 nitrogen and oxygen atoms in total. The molecule has 0 fully saturated rings. The zero-order chi connectivity index (χ0) is 12.3. The predicted molar refractivity (Wildman–Crippen MR) is 59.6 cm³/mol. The molecule has 0 bridgehead atoms. The number of carboxylic acid groups (broad SMARTS) is 1. The largest absolute Gasteiger partial charge is 0.478 e. The Balaban J connectivity index is 1.98. The van der Waals surface area contributed by atoms with Crippen LogP contribution in [-0.4, -0.2) is 11.1 Å². The van der Waals surface area contributed by atoms with Crippen molar-refractivity contribution < 1.29 is 18.7 Å². The van der Waals surface area contributed by atoms with E-state index in [0.717, 1.165) is 5.76 Å². The van der Waals surface area contributed by atoms with Gasteiger partial charge in [0.2, 0.25) is 0 Å². The van der Waals surface area contributed by atoms with Crippen molar-refractivity contribution in [1.29, 1.82) is 0 Å². The van der Waals surface area contributed by atoms with E-state index < -0.39 is 5.97 Å². The number of nitrogens with one attached hydrogen (secondary N) is 1. The molecule has 0 radical (unpaired) electrons. The van der Waals surface area contributed by atoms with Crippen LogP contribution in [0.15, 0.2) is 39.6 Å². The number of carboxylic acids is 1. The first-order valence-corrected chi connectivity index (χ1v) is 5.25. The Morgan fingerprint density at radius 1 is 1.41 bits per heavy atom. The second-order valence-electron chi connectivity index (χ2n) is 3.68. The van der Waals surface area contributed by atoms with E-state index in [1.54, 1.807) is 6.26 Å². The Labute approximate surface area is 98.0 Å². The van der Waals surface area contributed by atoms with Gasteiger partial charge in [-0.1, -0.05) is 0 Å². The minimum atomic E-state index is -0.985. The van der Waals surface area contributed by atoms with Crippen LogP contribution in [0.25, 0.3) is 0 Å². The van der Waals surface area contributed by atoms with Crippen LogP contribution >= 0.6 is 0 Å². The molecule has 0 aliphatic carbocycles. The quantitative estimate of drug-likeness (QED) is 0.832. The molecule has 2 rings (SSSR count). The first kappa shape index (κ1) is 11.5. The topological polar surface area (TPSA) is 75.6 Å². The molecule has 2 heterocycles. The molecule has 0 aromatic carbocycles. The van der Waals surface area contributed by atoms with Crippen LogP contribution in [0, 0.1) is 0 Å². The van der Waals surface area contributed by atoms with E-state index in [1.807, 2.05) is 19.1 Å². The molecule has 2 N–H and O–H groups in total. The van der Waals surface area contributed by atoms with Crippen molar-refractivity contribution in [3.05, 3.63) is 47.8 Å². The monoisotopic (exact) mass is 235 g/mol. The molecule has 0 aliphatic rings. The fourth-order valence-electron chi connectivity index (χ4n) is 1.55. The molecule has 0 saturated heterocycles. The highest BCUT2D eigenvalue weighted by Crippen LogP contribution is 2.15. The summed E-state index contributed by atoms with van der Waals surface area (Å²) in [6.07, 6.45) is 2.97. The lowest BCUT2D eigenvalue weighted by atomic mass is 10.2. The third-order valence-electron chi connectivity index (χ3n) is 2.51. The van der Waals surface area contributed by atoms with Gasteiger partial charge < -0.3 is 19.3 Å². The summed E-state index contributed by atoms with van der Waals surface area (Å²) in [4.78, 5) is 10.8. The number of hydrogen-bond acceptors (Lipinski definition) is 4. The lowest BCUT2D eigenvalue weighted by Gasteiger charge is -2.10. The van der Waals surface area contributed by atoms with E-state index in [0.29, 0.717) is 12.3 Å². The average molecular weight is 235 g/mol. The molecule has 2 aromatic heterocycles. The summed E-state index contributed by atoms with van der Waals surface area (Å²) in [7, 11) is 0. The van der Waals surface area contributed by atoms with E-state index in [-0.39, 0.29) is 11.6 Å². The summed E-state index contributed by atoms with van der Waals surface area (Å²) in [5, 5.41) is 12.0. The van der Waals surface area contributed by atoms with Crippen LogP contribution < -0.4 is 5.32 Å². The number of furan rings is 2. The molecule has 1 atom stereocenters. The highest BCUT2D eigenvalue weighted by Gasteiger charge is 2.15. The molecule has 0 amide bonds.